The minimum atomic E-state index is -4.03. The highest BCUT2D eigenvalue weighted by Crippen LogP contribution is 2.24. The maximum absolute atomic E-state index is 13.0. The van der Waals surface area contributed by atoms with Crippen LogP contribution < -0.4 is 9.46 Å². The Labute approximate surface area is 177 Å². The van der Waals surface area contributed by atoms with Crippen LogP contribution in [0, 0.1) is 6.92 Å². The SMILES string of the molecule is Cc1ccc(OC(C(=O)NS(=O)(=O)c2ccc(C(C)C)cc2)c2ccccc2)cc1. The molecule has 0 bridgehead atoms. The largest absolute Gasteiger partial charge is 0.476 e. The lowest BCUT2D eigenvalue weighted by atomic mass is 10.0. The van der Waals surface area contributed by atoms with Gasteiger partial charge in [-0.3, -0.25) is 4.79 Å². The number of nitrogens with one attached hydrogen (secondary N) is 1. The average molecular weight is 424 g/mol. The van der Waals surface area contributed by atoms with E-state index in [2.05, 4.69) is 4.72 Å². The van der Waals surface area contributed by atoms with Crippen molar-refractivity contribution in [3.63, 3.8) is 0 Å². The van der Waals surface area contributed by atoms with Crippen LogP contribution in [0.1, 0.15) is 42.6 Å². The molecule has 0 saturated heterocycles. The van der Waals surface area contributed by atoms with Crippen molar-refractivity contribution in [2.75, 3.05) is 0 Å². The van der Waals surface area contributed by atoms with Gasteiger partial charge in [-0.15, -0.1) is 0 Å². The lowest BCUT2D eigenvalue weighted by Gasteiger charge is -2.19. The fourth-order valence-electron chi connectivity index (χ4n) is 2.93. The molecule has 5 nitrogen and oxygen atoms in total. The third-order valence-corrected chi connectivity index (χ3v) is 6.07. The van der Waals surface area contributed by atoms with Crippen molar-refractivity contribution in [1.29, 1.82) is 0 Å². The molecule has 1 atom stereocenters. The van der Waals surface area contributed by atoms with Gasteiger partial charge in [0.05, 0.1) is 4.90 Å². The molecule has 1 unspecified atom stereocenters. The van der Waals surface area contributed by atoms with Gasteiger partial charge in [-0.05, 0) is 42.7 Å². The summed E-state index contributed by atoms with van der Waals surface area (Å²) in [6.45, 7) is 6.00. The number of amides is 1. The van der Waals surface area contributed by atoms with Crippen molar-refractivity contribution in [3.05, 3.63) is 95.6 Å². The van der Waals surface area contributed by atoms with E-state index in [4.69, 9.17) is 4.74 Å². The van der Waals surface area contributed by atoms with Crippen LogP contribution in [-0.2, 0) is 14.8 Å². The van der Waals surface area contributed by atoms with E-state index in [1.165, 1.54) is 12.1 Å². The number of benzene rings is 3. The van der Waals surface area contributed by atoms with E-state index in [0.717, 1.165) is 11.1 Å². The maximum atomic E-state index is 13.0. The third-order valence-electron chi connectivity index (χ3n) is 4.71. The molecular formula is C24H25NO4S. The smallest absolute Gasteiger partial charge is 0.279 e. The fraction of sp³-hybridized carbons (Fsp3) is 0.208. The second kappa shape index (κ2) is 9.13. The number of rotatable bonds is 7. The van der Waals surface area contributed by atoms with E-state index < -0.39 is 22.0 Å². The molecule has 3 aromatic rings. The normalized spacial score (nSPS) is 12.4. The van der Waals surface area contributed by atoms with E-state index >= 15 is 0 Å². The molecule has 0 heterocycles. The number of ether oxygens (including phenoxy) is 1. The van der Waals surface area contributed by atoms with E-state index in [1.807, 2.05) is 39.0 Å². The quantitative estimate of drug-likeness (QED) is 0.596. The van der Waals surface area contributed by atoms with Gasteiger partial charge in [-0.2, -0.15) is 0 Å². The maximum Gasteiger partial charge on any atom is 0.279 e. The Morgan fingerprint density at radius 1 is 0.833 bits per heavy atom. The Morgan fingerprint density at radius 3 is 2.00 bits per heavy atom. The molecule has 30 heavy (non-hydrogen) atoms. The first-order valence-electron chi connectivity index (χ1n) is 9.71. The highest BCUT2D eigenvalue weighted by Gasteiger charge is 2.27. The zero-order valence-corrected chi connectivity index (χ0v) is 18.0. The Hall–Kier alpha value is -3.12. The zero-order chi connectivity index (χ0) is 21.7. The van der Waals surface area contributed by atoms with E-state index in [-0.39, 0.29) is 10.8 Å². The highest BCUT2D eigenvalue weighted by atomic mass is 32.2. The van der Waals surface area contributed by atoms with Gasteiger partial charge in [0.1, 0.15) is 5.75 Å². The summed E-state index contributed by atoms with van der Waals surface area (Å²) in [7, 11) is -4.03. The molecule has 1 N–H and O–H groups in total. The van der Waals surface area contributed by atoms with Gasteiger partial charge in [0.15, 0.2) is 0 Å². The number of hydrogen-bond acceptors (Lipinski definition) is 4. The minimum absolute atomic E-state index is 0.0300. The summed E-state index contributed by atoms with van der Waals surface area (Å²) in [5.74, 6) is -0.000265. The van der Waals surface area contributed by atoms with Crippen LogP contribution in [-0.4, -0.2) is 14.3 Å². The first kappa shape index (κ1) is 21.6. The molecule has 0 spiro atoms. The predicted molar refractivity (Wildman–Crippen MR) is 117 cm³/mol. The van der Waals surface area contributed by atoms with Gasteiger partial charge in [-0.1, -0.05) is 74.0 Å². The van der Waals surface area contributed by atoms with Crippen LogP contribution >= 0.6 is 0 Å². The average Bonchev–Trinajstić information content (AvgIpc) is 2.73. The number of aryl methyl sites for hydroxylation is 1. The van der Waals surface area contributed by atoms with Gasteiger partial charge < -0.3 is 4.74 Å². The van der Waals surface area contributed by atoms with Crippen molar-refractivity contribution >= 4 is 15.9 Å². The van der Waals surface area contributed by atoms with Crippen molar-refractivity contribution in [2.24, 2.45) is 0 Å². The van der Waals surface area contributed by atoms with E-state index in [9.17, 15) is 13.2 Å². The van der Waals surface area contributed by atoms with Crippen LogP contribution in [0.25, 0.3) is 0 Å². The summed E-state index contributed by atoms with van der Waals surface area (Å²) >= 11 is 0. The lowest BCUT2D eigenvalue weighted by molar-refractivity contribution is -0.126. The number of carbonyl (C=O) groups is 1. The highest BCUT2D eigenvalue weighted by molar-refractivity contribution is 7.90. The Morgan fingerprint density at radius 2 is 1.43 bits per heavy atom. The number of carbonyl (C=O) groups excluding carboxylic acids is 1. The monoisotopic (exact) mass is 423 g/mol. The second-order valence-electron chi connectivity index (χ2n) is 7.42. The summed E-state index contributed by atoms with van der Waals surface area (Å²) in [6, 6.07) is 22.5. The van der Waals surface area contributed by atoms with Gasteiger partial charge >= 0.3 is 0 Å². The standard InChI is InChI=1S/C24H25NO4S/c1-17(2)19-11-15-22(16-12-19)30(27,28)25-24(26)23(20-7-5-4-6-8-20)29-21-13-9-18(3)10-14-21/h4-17,23H,1-3H3,(H,25,26). The summed E-state index contributed by atoms with van der Waals surface area (Å²) in [6.07, 6.45) is -1.11. The molecule has 3 aromatic carbocycles. The second-order valence-corrected chi connectivity index (χ2v) is 9.10. The first-order valence-corrected chi connectivity index (χ1v) is 11.2. The first-order chi connectivity index (χ1) is 14.3. The Balaban J connectivity index is 1.85. The van der Waals surface area contributed by atoms with Gasteiger partial charge in [0, 0.05) is 5.56 Å². The van der Waals surface area contributed by atoms with Gasteiger partial charge in [-0.25, -0.2) is 13.1 Å². The molecule has 0 fully saturated rings. The summed E-state index contributed by atoms with van der Waals surface area (Å²) in [5.41, 5.74) is 2.63. The van der Waals surface area contributed by atoms with Crippen molar-refractivity contribution in [3.8, 4) is 5.75 Å². The summed E-state index contributed by atoms with van der Waals surface area (Å²) in [4.78, 5) is 13.0. The van der Waals surface area contributed by atoms with E-state index in [0.29, 0.717) is 11.3 Å². The molecule has 0 aliphatic rings. The molecule has 1 amide bonds. The van der Waals surface area contributed by atoms with Gasteiger partial charge in [0.25, 0.3) is 15.9 Å². The lowest BCUT2D eigenvalue weighted by Crippen LogP contribution is -2.36. The van der Waals surface area contributed by atoms with Crippen LogP contribution in [0.3, 0.4) is 0 Å². The molecule has 0 aliphatic heterocycles. The molecule has 0 aliphatic carbocycles. The van der Waals surface area contributed by atoms with Gasteiger partial charge in [0.2, 0.25) is 6.10 Å². The summed E-state index contributed by atoms with van der Waals surface area (Å²) < 4.78 is 33.6. The third kappa shape index (κ3) is 5.27. The molecule has 6 heteroatoms. The molecule has 0 aromatic heterocycles. The van der Waals surface area contributed by atoms with Crippen LogP contribution in [0.4, 0.5) is 0 Å². The number of sulfonamides is 1. The molecule has 0 radical (unpaired) electrons. The minimum Gasteiger partial charge on any atom is -0.476 e. The van der Waals surface area contributed by atoms with Crippen LogP contribution in [0.15, 0.2) is 83.8 Å². The van der Waals surface area contributed by atoms with Crippen molar-refractivity contribution in [2.45, 2.75) is 37.7 Å². The molecule has 156 valence electrons. The predicted octanol–water partition coefficient (Wildman–Crippen LogP) is 4.74. The van der Waals surface area contributed by atoms with Crippen molar-refractivity contribution < 1.29 is 17.9 Å². The fourth-order valence-corrected chi connectivity index (χ4v) is 3.91. The molecule has 3 rings (SSSR count). The molecular weight excluding hydrogens is 398 g/mol. The summed E-state index contributed by atoms with van der Waals surface area (Å²) in [5, 5.41) is 0. The Kier molecular flexibility index (Phi) is 6.57. The van der Waals surface area contributed by atoms with Crippen LogP contribution in [0.5, 0.6) is 5.75 Å². The number of hydrogen-bond donors (Lipinski definition) is 1. The Bertz CT molecular complexity index is 1090. The van der Waals surface area contributed by atoms with Crippen LogP contribution in [0.2, 0.25) is 0 Å². The molecule has 0 saturated carbocycles. The zero-order valence-electron chi connectivity index (χ0n) is 17.2. The topological polar surface area (TPSA) is 72.5 Å². The van der Waals surface area contributed by atoms with Crippen molar-refractivity contribution in [1.82, 2.24) is 4.72 Å². The van der Waals surface area contributed by atoms with E-state index in [1.54, 1.807) is 48.5 Å².